The van der Waals surface area contributed by atoms with Crippen LogP contribution in [0.2, 0.25) is 0 Å². The fourth-order valence-electron chi connectivity index (χ4n) is 0.750. The third kappa shape index (κ3) is 71.8. The third-order valence-electron chi connectivity index (χ3n) is 1.46. The Hall–Kier alpha value is 0.830. The lowest BCUT2D eigenvalue weighted by Gasteiger charge is -1.86. The van der Waals surface area contributed by atoms with Crippen molar-refractivity contribution in [3.05, 3.63) is 0 Å². The van der Waals surface area contributed by atoms with Crippen molar-refractivity contribution in [2.75, 3.05) is 13.1 Å². The van der Waals surface area contributed by atoms with Crippen LogP contribution < -0.4 is 5.32 Å². The van der Waals surface area contributed by atoms with Crippen LogP contribution in [0.25, 0.3) is 0 Å². The molecule has 1 N–H and O–H groups in total. The van der Waals surface area contributed by atoms with Crippen molar-refractivity contribution in [2.45, 2.75) is 57.7 Å². The van der Waals surface area contributed by atoms with E-state index in [4.69, 9.17) is 34.8 Å². The minimum absolute atomic E-state index is 0.750. The van der Waals surface area contributed by atoms with Crippen LogP contribution in [-0.4, -0.2) is 17.4 Å². The highest BCUT2D eigenvalue weighted by molar-refractivity contribution is 6.63. The van der Waals surface area contributed by atoms with Crippen LogP contribution in [-0.2, 0) is 0 Å². The average Bonchev–Trinajstić information content (AvgIpc) is 2.16. The summed E-state index contributed by atoms with van der Waals surface area (Å²) in [6, 6.07) is 0. The van der Waals surface area contributed by atoms with Gasteiger partial charge in [-0.05, 0) is 13.1 Å². The van der Waals surface area contributed by atoms with Crippen molar-refractivity contribution in [1.29, 1.82) is 0 Å². The van der Waals surface area contributed by atoms with Crippen molar-refractivity contribution in [3.8, 4) is 0 Å². The zero-order valence-electron chi connectivity index (χ0n) is 10.5. The molecule has 0 saturated heterocycles. The number of nitrogens with one attached hydrogen (secondary N) is 1. The van der Waals surface area contributed by atoms with Gasteiger partial charge in [0.15, 0.2) is 4.30 Å². The van der Waals surface area contributed by atoms with Crippen LogP contribution in [0, 0.1) is 0 Å². The quantitative estimate of drug-likeness (QED) is 0.539. The van der Waals surface area contributed by atoms with Gasteiger partial charge in [0.05, 0.1) is 0 Å². The summed E-state index contributed by atoms with van der Waals surface area (Å²) in [5, 5.41) is 3.11. The van der Waals surface area contributed by atoms with Gasteiger partial charge in [-0.2, -0.15) is 0 Å². The van der Waals surface area contributed by atoms with Crippen LogP contribution in [0.3, 0.4) is 0 Å². The van der Waals surface area contributed by atoms with Crippen LogP contribution >= 0.6 is 34.8 Å². The number of alkyl halides is 3. The molecule has 0 aromatic carbocycles. The third-order valence-corrected chi connectivity index (χ3v) is 1.46. The molecule has 4 heteroatoms. The molecule has 0 amide bonds. The Morgan fingerprint density at radius 2 is 1.07 bits per heavy atom. The number of rotatable bonds is 5. The van der Waals surface area contributed by atoms with Gasteiger partial charge in [-0.15, -0.1) is 0 Å². The first-order valence-corrected chi connectivity index (χ1v) is 7.00. The molecule has 15 heavy (non-hydrogen) atoms. The molecule has 0 aromatic heterocycles. The molecule has 0 spiro atoms. The molecular weight excluding hydrogens is 252 g/mol. The molecule has 0 aliphatic heterocycles. The van der Waals surface area contributed by atoms with Gasteiger partial charge in [0.25, 0.3) is 0 Å². The Balaban J connectivity index is -0.000000147. The first-order valence-electron chi connectivity index (χ1n) is 5.69. The van der Waals surface area contributed by atoms with E-state index in [0.717, 1.165) is 13.1 Å². The van der Waals surface area contributed by atoms with Gasteiger partial charge in [-0.1, -0.05) is 88.2 Å². The molecule has 0 unspecified atom stereocenters. The molecule has 0 saturated carbocycles. The Labute approximate surface area is 111 Å². The summed E-state index contributed by atoms with van der Waals surface area (Å²) in [6.07, 6.45) is 5.54. The molecule has 0 heterocycles. The molecule has 96 valence electrons. The number of halogens is 3. The second-order valence-electron chi connectivity index (χ2n) is 2.91. The number of hydrogen-bond donors (Lipinski definition) is 1. The predicted octanol–water partition coefficient (Wildman–Crippen LogP) is 5.19. The summed E-state index contributed by atoms with van der Waals surface area (Å²) < 4.78 is -0.750. The highest BCUT2D eigenvalue weighted by Gasteiger charge is 1.79. The molecule has 0 radical (unpaired) electrons. The highest BCUT2D eigenvalue weighted by atomic mass is 35.6. The molecular formula is C11H26Cl3N. The largest absolute Gasteiger partial charge is 0.317 e. The van der Waals surface area contributed by atoms with E-state index in [-0.39, 0.29) is 0 Å². The molecule has 0 aromatic rings. The minimum Gasteiger partial charge on any atom is -0.317 e. The van der Waals surface area contributed by atoms with Crippen molar-refractivity contribution >= 4 is 34.8 Å². The van der Waals surface area contributed by atoms with E-state index in [1.54, 1.807) is 0 Å². The second-order valence-corrected chi connectivity index (χ2v) is 4.89. The van der Waals surface area contributed by atoms with Gasteiger partial charge in [0.1, 0.15) is 0 Å². The smallest absolute Gasteiger partial charge is 0.180 e. The van der Waals surface area contributed by atoms with E-state index in [2.05, 4.69) is 33.0 Å². The lowest BCUT2D eigenvalue weighted by Crippen LogP contribution is -2.09. The zero-order valence-corrected chi connectivity index (χ0v) is 12.7. The zero-order chi connectivity index (χ0) is 12.5. The first-order chi connectivity index (χ1) is 7.06. The normalized spacial score (nSPS) is 8.80. The standard InChI is InChI=1S/C6H14.C4H11N.CHCl3/c1-3-5-6-4-2;1-3-5-4-2;2-1(3)4/h3-6H2,1-2H3;5H,3-4H2,1-2H3;1H. The first kappa shape index (κ1) is 21.1. The van der Waals surface area contributed by atoms with Crippen molar-refractivity contribution in [3.63, 3.8) is 0 Å². The van der Waals surface area contributed by atoms with E-state index < -0.39 is 4.30 Å². The molecule has 1 nitrogen and oxygen atoms in total. The maximum absolute atomic E-state index is 4.81. The molecule has 0 rings (SSSR count). The Bertz CT molecular complexity index is 71.5. The monoisotopic (exact) mass is 277 g/mol. The van der Waals surface area contributed by atoms with E-state index in [9.17, 15) is 0 Å². The topological polar surface area (TPSA) is 12.0 Å². The SMILES string of the molecule is CCCCCC.CCNCC.ClC(Cl)Cl. The van der Waals surface area contributed by atoms with E-state index >= 15 is 0 Å². The summed E-state index contributed by atoms with van der Waals surface area (Å²) in [7, 11) is 0. The second kappa shape index (κ2) is 24.2. The molecule has 0 atom stereocenters. The number of hydrogen-bond acceptors (Lipinski definition) is 1. The lowest BCUT2D eigenvalue weighted by molar-refractivity contribution is 0.702. The highest BCUT2D eigenvalue weighted by Crippen LogP contribution is 2.03. The predicted molar refractivity (Wildman–Crippen MR) is 75.4 cm³/mol. The van der Waals surface area contributed by atoms with E-state index in [1.165, 1.54) is 25.7 Å². The fourth-order valence-corrected chi connectivity index (χ4v) is 0.750. The maximum Gasteiger partial charge on any atom is 0.180 e. The van der Waals surface area contributed by atoms with E-state index in [1.807, 2.05) is 0 Å². The van der Waals surface area contributed by atoms with Crippen LogP contribution in [0.5, 0.6) is 0 Å². The van der Waals surface area contributed by atoms with Gasteiger partial charge >= 0.3 is 0 Å². The molecule has 0 fully saturated rings. The Morgan fingerprint density at radius 3 is 1.13 bits per heavy atom. The van der Waals surface area contributed by atoms with Gasteiger partial charge in [0.2, 0.25) is 0 Å². The summed E-state index contributed by atoms with van der Waals surface area (Å²) in [5.41, 5.74) is 0. The molecule has 0 aliphatic carbocycles. The lowest BCUT2D eigenvalue weighted by atomic mass is 10.2. The van der Waals surface area contributed by atoms with Crippen molar-refractivity contribution in [1.82, 2.24) is 5.32 Å². The van der Waals surface area contributed by atoms with Gasteiger partial charge in [-0.3, -0.25) is 0 Å². The van der Waals surface area contributed by atoms with Crippen LogP contribution in [0.15, 0.2) is 0 Å². The fraction of sp³-hybridized carbons (Fsp3) is 1.00. The minimum atomic E-state index is -0.750. The average molecular weight is 279 g/mol. The maximum atomic E-state index is 4.81. The molecule has 0 aliphatic rings. The Morgan fingerprint density at radius 1 is 0.800 bits per heavy atom. The van der Waals surface area contributed by atoms with Gasteiger partial charge in [0, 0.05) is 0 Å². The van der Waals surface area contributed by atoms with E-state index in [0.29, 0.717) is 0 Å². The van der Waals surface area contributed by atoms with Gasteiger partial charge < -0.3 is 5.32 Å². The van der Waals surface area contributed by atoms with Crippen LogP contribution in [0.1, 0.15) is 53.4 Å². The van der Waals surface area contributed by atoms with Crippen molar-refractivity contribution in [2.24, 2.45) is 0 Å². The summed E-state index contributed by atoms with van der Waals surface area (Å²) >= 11 is 14.4. The summed E-state index contributed by atoms with van der Waals surface area (Å²) in [4.78, 5) is 0. The molecule has 0 bridgehead atoms. The Kier molecular flexibility index (Phi) is 34.1. The summed E-state index contributed by atoms with van der Waals surface area (Å²) in [6.45, 7) is 10.9. The summed E-state index contributed by atoms with van der Waals surface area (Å²) in [5.74, 6) is 0. The van der Waals surface area contributed by atoms with Crippen molar-refractivity contribution < 1.29 is 0 Å². The van der Waals surface area contributed by atoms with Gasteiger partial charge in [-0.25, -0.2) is 0 Å². The number of unbranched alkanes of at least 4 members (excludes halogenated alkanes) is 3. The van der Waals surface area contributed by atoms with Crippen LogP contribution in [0.4, 0.5) is 0 Å².